The number of nitrogens with two attached hydrogens (primary N) is 1. The van der Waals surface area contributed by atoms with Gasteiger partial charge in [0.1, 0.15) is 16.5 Å². The van der Waals surface area contributed by atoms with E-state index in [1.54, 1.807) is 0 Å². The lowest BCUT2D eigenvalue weighted by molar-refractivity contribution is 0.436. The predicted octanol–water partition coefficient (Wildman–Crippen LogP) is 0.615. The molecule has 60 valence electrons. The summed E-state index contributed by atoms with van der Waals surface area (Å²) in [5, 5.41) is 9.10. The van der Waals surface area contributed by atoms with Crippen molar-refractivity contribution in [2.75, 3.05) is 5.73 Å². The number of aryl methyl sites for hydroxylation is 1. The highest BCUT2D eigenvalue weighted by atomic mass is 32.1. The molecule has 0 aromatic carbocycles. The molecular weight excluding hydrogens is 162 g/mol. The Hall–Kier alpha value is -0.970. The molecule has 1 aromatic heterocycles. The Labute approximate surface area is 69.9 Å². The van der Waals surface area contributed by atoms with Crippen LogP contribution in [0.4, 0.5) is 5.82 Å². The van der Waals surface area contributed by atoms with Crippen molar-refractivity contribution in [3.63, 3.8) is 0 Å². The van der Waals surface area contributed by atoms with Gasteiger partial charge in [-0.05, 0) is 0 Å². The Kier molecular flexibility index (Phi) is 2.19. The number of anilines is 1. The van der Waals surface area contributed by atoms with Crippen LogP contribution in [-0.2, 0) is 6.42 Å². The zero-order valence-electron chi connectivity index (χ0n) is 6.07. The van der Waals surface area contributed by atoms with Crippen molar-refractivity contribution in [1.29, 1.82) is 0 Å². The highest BCUT2D eigenvalue weighted by Gasteiger charge is 2.05. The van der Waals surface area contributed by atoms with Crippen molar-refractivity contribution < 1.29 is 5.11 Å². The summed E-state index contributed by atoms with van der Waals surface area (Å²) in [7, 11) is 0. The van der Waals surface area contributed by atoms with E-state index in [2.05, 4.69) is 22.6 Å². The van der Waals surface area contributed by atoms with E-state index in [1.165, 1.54) is 0 Å². The highest BCUT2D eigenvalue weighted by molar-refractivity contribution is 7.80. The van der Waals surface area contributed by atoms with Crippen molar-refractivity contribution in [3.05, 3.63) is 5.82 Å². The smallest absolute Gasteiger partial charge is 0.230 e. The van der Waals surface area contributed by atoms with Gasteiger partial charge in [0.05, 0.1) is 0 Å². The SMILES string of the molecule is CCc1nc(N)c(S)c(O)n1. The van der Waals surface area contributed by atoms with Crippen molar-refractivity contribution >= 4 is 18.4 Å². The van der Waals surface area contributed by atoms with Crippen LogP contribution in [0.15, 0.2) is 4.90 Å². The van der Waals surface area contributed by atoms with Gasteiger partial charge in [-0.15, -0.1) is 12.6 Å². The molecule has 0 radical (unpaired) electrons. The Morgan fingerprint density at radius 1 is 1.55 bits per heavy atom. The maximum atomic E-state index is 9.10. The summed E-state index contributed by atoms with van der Waals surface area (Å²) >= 11 is 3.90. The van der Waals surface area contributed by atoms with Gasteiger partial charge in [-0.2, -0.15) is 4.98 Å². The number of hydrogen-bond acceptors (Lipinski definition) is 5. The Balaban J connectivity index is 3.21. The third-order valence-corrected chi connectivity index (χ3v) is 1.68. The average Bonchev–Trinajstić information content (AvgIpc) is 1.99. The van der Waals surface area contributed by atoms with E-state index >= 15 is 0 Å². The van der Waals surface area contributed by atoms with E-state index in [0.29, 0.717) is 12.2 Å². The van der Waals surface area contributed by atoms with Crippen LogP contribution in [0.3, 0.4) is 0 Å². The van der Waals surface area contributed by atoms with Crippen LogP contribution in [0, 0.1) is 0 Å². The third kappa shape index (κ3) is 1.54. The van der Waals surface area contributed by atoms with Gasteiger partial charge < -0.3 is 10.8 Å². The van der Waals surface area contributed by atoms with Crippen LogP contribution < -0.4 is 5.73 Å². The summed E-state index contributed by atoms with van der Waals surface area (Å²) < 4.78 is 0. The summed E-state index contributed by atoms with van der Waals surface area (Å²) in [5.41, 5.74) is 5.41. The number of thiol groups is 1. The quantitative estimate of drug-likeness (QED) is 0.541. The maximum Gasteiger partial charge on any atom is 0.230 e. The molecule has 0 saturated carbocycles. The molecular formula is C6H9N3OS. The second kappa shape index (κ2) is 2.96. The number of aromatic hydroxyl groups is 1. The topological polar surface area (TPSA) is 72.0 Å². The second-order valence-electron chi connectivity index (χ2n) is 2.05. The number of nitrogen functional groups attached to an aromatic ring is 1. The van der Waals surface area contributed by atoms with Crippen molar-refractivity contribution in [3.8, 4) is 5.88 Å². The van der Waals surface area contributed by atoms with Gasteiger partial charge in [0.25, 0.3) is 0 Å². The van der Waals surface area contributed by atoms with Crippen LogP contribution in [-0.4, -0.2) is 15.1 Å². The van der Waals surface area contributed by atoms with Crippen LogP contribution >= 0.6 is 12.6 Å². The first-order chi connectivity index (χ1) is 5.15. The van der Waals surface area contributed by atoms with E-state index in [9.17, 15) is 0 Å². The molecule has 1 heterocycles. The molecule has 0 aliphatic heterocycles. The minimum atomic E-state index is -0.155. The van der Waals surface area contributed by atoms with Crippen molar-refractivity contribution in [1.82, 2.24) is 9.97 Å². The molecule has 0 fully saturated rings. The third-order valence-electron chi connectivity index (χ3n) is 1.26. The van der Waals surface area contributed by atoms with Crippen LogP contribution in [0.1, 0.15) is 12.7 Å². The van der Waals surface area contributed by atoms with Gasteiger partial charge in [-0.3, -0.25) is 0 Å². The molecule has 0 bridgehead atoms. The van der Waals surface area contributed by atoms with Crippen LogP contribution in [0.2, 0.25) is 0 Å². The Morgan fingerprint density at radius 2 is 2.18 bits per heavy atom. The molecule has 11 heavy (non-hydrogen) atoms. The molecule has 5 heteroatoms. The number of aromatic nitrogens is 2. The maximum absolute atomic E-state index is 9.10. The lowest BCUT2D eigenvalue weighted by Gasteiger charge is -2.01. The Morgan fingerprint density at radius 3 is 2.64 bits per heavy atom. The summed E-state index contributed by atoms with van der Waals surface area (Å²) in [6.07, 6.45) is 0.645. The van der Waals surface area contributed by atoms with Crippen molar-refractivity contribution in [2.24, 2.45) is 0 Å². The molecule has 0 aliphatic carbocycles. The molecule has 1 aromatic rings. The summed E-state index contributed by atoms with van der Waals surface area (Å²) in [4.78, 5) is 7.86. The van der Waals surface area contributed by atoms with Crippen LogP contribution in [0.5, 0.6) is 5.88 Å². The molecule has 0 atom stereocenters. The molecule has 4 nitrogen and oxygen atoms in total. The van der Waals surface area contributed by atoms with E-state index in [-0.39, 0.29) is 16.6 Å². The van der Waals surface area contributed by atoms with E-state index in [4.69, 9.17) is 10.8 Å². The first-order valence-electron chi connectivity index (χ1n) is 3.19. The lowest BCUT2D eigenvalue weighted by Crippen LogP contribution is -1.99. The van der Waals surface area contributed by atoms with Gasteiger partial charge in [0, 0.05) is 6.42 Å². The average molecular weight is 171 g/mol. The largest absolute Gasteiger partial charge is 0.492 e. The number of rotatable bonds is 1. The molecule has 3 N–H and O–H groups in total. The van der Waals surface area contributed by atoms with Gasteiger partial charge in [0.15, 0.2) is 0 Å². The summed E-state index contributed by atoms with van der Waals surface area (Å²) in [5.74, 6) is 0.591. The van der Waals surface area contributed by atoms with Gasteiger partial charge >= 0.3 is 0 Å². The first-order valence-corrected chi connectivity index (χ1v) is 3.64. The molecule has 0 aliphatic rings. The zero-order chi connectivity index (χ0) is 8.43. The molecule has 0 saturated heterocycles. The Bertz CT molecular complexity index is 254. The fraction of sp³-hybridized carbons (Fsp3) is 0.333. The summed E-state index contributed by atoms with van der Waals surface area (Å²) in [6, 6.07) is 0. The van der Waals surface area contributed by atoms with Crippen molar-refractivity contribution in [2.45, 2.75) is 18.2 Å². The molecule has 0 unspecified atom stereocenters. The minimum absolute atomic E-state index is 0.155. The van der Waals surface area contributed by atoms with E-state index < -0.39 is 0 Å². The molecule has 0 spiro atoms. The standard InChI is InChI=1S/C6H9N3OS/c1-2-3-8-5(7)4(11)6(10)9-3/h11H,2H2,1H3,(H3,7,8,9,10). The monoisotopic (exact) mass is 171 g/mol. The minimum Gasteiger partial charge on any atom is -0.492 e. The fourth-order valence-corrected chi connectivity index (χ4v) is 0.765. The van der Waals surface area contributed by atoms with Gasteiger partial charge in [-0.25, -0.2) is 4.98 Å². The number of nitrogens with zero attached hydrogens (tertiary/aromatic N) is 2. The van der Waals surface area contributed by atoms with Crippen LogP contribution in [0.25, 0.3) is 0 Å². The fourth-order valence-electron chi connectivity index (χ4n) is 0.665. The highest BCUT2D eigenvalue weighted by Crippen LogP contribution is 2.22. The lowest BCUT2D eigenvalue weighted by atomic mass is 10.4. The first kappa shape index (κ1) is 8.13. The molecule has 1 rings (SSSR count). The van der Waals surface area contributed by atoms with E-state index in [1.807, 2.05) is 6.92 Å². The van der Waals surface area contributed by atoms with Gasteiger partial charge in [-0.1, -0.05) is 6.92 Å². The molecule has 0 amide bonds. The predicted molar refractivity (Wildman–Crippen MR) is 44.7 cm³/mol. The zero-order valence-corrected chi connectivity index (χ0v) is 6.97. The second-order valence-corrected chi connectivity index (χ2v) is 2.50. The number of hydrogen-bond donors (Lipinski definition) is 3. The summed E-state index contributed by atoms with van der Waals surface area (Å²) in [6.45, 7) is 1.88. The normalized spacial score (nSPS) is 10.0. The van der Waals surface area contributed by atoms with E-state index in [0.717, 1.165) is 0 Å². The van der Waals surface area contributed by atoms with Gasteiger partial charge in [0.2, 0.25) is 5.88 Å².